The van der Waals surface area contributed by atoms with Crippen molar-refractivity contribution >= 4 is 34.4 Å². The van der Waals surface area contributed by atoms with E-state index in [0.29, 0.717) is 17.0 Å². The van der Waals surface area contributed by atoms with Crippen LogP contribution >= 0.6 is 11.8 Å². The molecule has 1 aromatic heterocycles. The van der Waals surface area contributed by atoms with E-state index in [-0.39, 0.29) is 11.6 Å². The molecule has 0 fully saturated rings. The van der Waals surface area contributed by atoms with Gasteiger partial charge in [0.2, 0.25) is 5.91 Å². The minimum absolute atomic E-state index is 0.0823. The van der Waals surface area contributed by atoms with Crippen molar-refractivity contribution in [2.24, 2.45) is 0 Å². The van der Waals surface area contributed by atoms with Gasteiger partial charge in [-0.1, -0.05) is 18.2 Å². The molecule has 0 atom stereocenters. The van der Waals surface area contributed by atoms with E-state index >= 15 is 0 Å². The van der Waals surface area contributed by atoms with Gasteiger partial charge in [0.05, 0.1) is 16.8 Å². The summed E-state index contributed by atoms with van der Waals surface area (Å²) in [5.74, 6) is 0.257. The van der Waals surface area contributed by atoms with Gasteiger partial charge in [-0.05, 0) is 30.3 Å². The number of H-pyrrole nitrogens is 2. The highest BCUT2D eigenvalue weighted by atomic mass is 32.2. The Labute approximate surface area is 124 Å². The molecule has 3 rings (SSSR count). The van der Waals surface area contributed by atoms with Crippen LogP contribution in [0.15, 0.2) is 58.2 Å². The summed E-state index contributed by atoms with van der Waals surface area (Å²) < 4.78 is 0. The maximum absolute atomic E-state index is 11.9. The van der Waals surface area contributed by atoms with E-state index in [4.69, 9.17) is 0 Å². The van der Waals surface area contributed by atoms with Crippen molar-refractivity contribution in [2.45, 2.75) is 4.90 Å². The number of imidazole rings is 1. The maximum Gasteiger partial charge on any atom is 0.323 e. The zero-order chi connectivity index (χ0) is 14.7. The number of thioether (sulfide) groups is 1. The number of anilines is 1. The molecule has 106 valence electrons. The number of rotatable bonds is 4. The van der Waals surface area contributed by atoms with Gasteiger partial charge in [-0.2, -0.15) is 0 Å². The van der Waals surface area contributed by atoms with E-state index in [1.165, 1.54) is 11.8 Å². The standard InChI is InChI=1S/C15H13N3O2S/c19-14(9-21-11-4-2-1-3-5-11)16-10-6-7-12-13(8-10)18-15(20)17-12/h1-8H,9H2,(H,16,19)(H2,17,18,20). The number of carbonyl (C=O) groups excluding carboxylic acids is 1. The monoisotopic (exact) mass is 299 g/mol. The molecule has 5 nitrogen and oxygen atoms in total. The number of aromatic nitrogens is 2. The number of carbonyl (C=O) groups is 1. The van der Waals surface area contributed by atoms with Crippen LogP contribution in [0.25, 0.3) is 11.0 Å². The molecule has 0 unspecified atom stereocenters. The molecule has 2 aromatic carbocycles. The van der Waals surface area contributed by atoms with Gasteiger partial charge in [-0.25, -0.2) is 4.79 Å². The Morgan fingerprint density at radius 2 is 1.81 bits per heavy atom. The number of fused-ring (bicyclic) bond motifs is 1. The van der Waals surface area contributed by atoms with E-state index in [0.717, 1.165) is 10.4 Å². The van der Waals surface area contributed by atoms with Crippen molar-refractivity contribution in [1.29, 1.82) is 0 Å². The zero-order valence-electron chi connectivity index (χ0n) is 11.1. The molecule has 0 saturated heterocycles. The molecule has 0 spiro atoms. The zero-order valence-corrected chi connectivity index (χ0v) is 11.9. The summed E-state index contributed by atoms with van der Waals surface area (Å²) in [7, 11) is 0. The third-order valence-electron chi connectivity index (χ3n) is 2.91. The van der Waals surface area contributed by atoms with E-state index in [9.17, 15) is 9.59 Å². The van der Waals surface area contributed by atoms with Crippen LogP contribution in [0.1, 0.15) is 0 Å². The normalized spacial score (nSPS) is 10.7. The lowest BCUT2D eigenvalue weighted by Gasteiger charge is -2.05. The van der Waals surface area contributed by atoms with Crippen LogP contribution in [-0.4, -0.2) is 21.6 Å². The van der Waals surface area contributed by atoms with Crippen molar-refractivity contribution in [3.63, 3.8) is 0 Å². The average Bonchev–Trinajstić information content (AvgIpc) is 2.85. The van der Waals surface area contributed by atoms with Gasteiger partial charge < -0.3 is 15.3 Å². The SMILES string of the molecule is O=C(CSc1ccccc1)Nc1ccc2[nH]c(=O)[nH]c2c1. The Morgan fingerprint density at radius 3 is 2.62 bits per heavy atom. The molecular formula is C15H13N3O2S. The molecule has 0 aliphatic heterocycles. The predicted molar refractivity (Wildman–Crippen MR) is 84.7 cm³/mol. The van der Waals surface area contributed by atoms with Gasteiger partial charge in [0.15, 0.2) is 0 Å². The minimum Gasteiger partial charge on any atom is -0.325 e. The Kier molecular flexibility index (Phi) is 3.79. The second kappa shape index (κ2) is 5.88. The van der Waals surface area contributed by atoms with Crippen molar-refractivity contribution in [3.05, 3.63) is 59.0 Å². The summed E-state index contributed by atoms with van der Waals surface area (Å²) in [6.45, 7) is 0. The molecule has 3 N–H and O–H groups in total. The first kappa shape index (κ1) is 13.5. The highest BCUT2D eigenvalue weighted by Crippen LogP contribution is 2.18. The Bertz CT molecular complexity index is 824. The summed E-state index contributed by atoms with van der Waals surface area (Å²) in [6.07, 6.45) is 0. The van der Waals surface area contributed by atoms with Gasteiger partial charge >= 0.3 is 5.69 Å². The van der Waals surface area contributed by atoms with E-state index in [2.05, 4.69) is 15.3 Å². The third kappa shape index (κ3) is 3.35. The summed E-state index contributed by atoms with van der Waals surface area (Å²) >= 11 is 1.48. The fourth-order valence-electron chi connectivity index (χ4n) is 1.97. The van der Waals surface area contributed by atoms with Gasteiger partial charge in [-0.3, -0.25) is 4.79 Å². The minimum atomic E-state index is -0.256. The molecule has 3 aromatic rings. The number of amides is 1. The number of nitrogens with one attached hydrogen (secondary N) is 3. The van der Waals surface area contributed by atoms with E-state index < -0.39 is 0 Å². The molecule has 0 aliphatic carbocycles. The van der Waals surface area contributed by atoms with Crippen LogP contribution in [0.2, 0.25) is 0 Å². The first-order chi connectivity index (χ1) is 10.2. The van der Waals surface area contributed by atoms with Crippen molar-refractivity contribution in [3.8, 4) is 0 Å². The molecule has 0 aliphatic rings. The number of benzene rings is 2. The fourth-order valence-corrected chi connectivity index (χ4v) is 2.69. The summed E-state index contributed by atoms with van der Waals surface area (Å²) in [6, 6.07) is 15.0. The lowest BCUT2D eigenvalue weighted by molar-refractivity contribution is -0.113. The summed E-state index contributed by atoms with van der Waals surface area (Å²) in [4.78, 5) is 29.5. The highest BCUT2D eigenvalue weighted by Gasteiger charge is 2.05. The quantitative estimate of drug-likeness (QED) is 0.648. The van der Waals surface area contributed by atoms with Gasteiger partial charge in [0.1, 0.15) is 0 Å². The smallest absolute Gasteiger partial charge is 0.323 e. The molecule has 0 saturated carbocycles. The fraction of sp³-hybridized carbons (Fsp3) is 0.0667. The van der Waals surface area contributed by atoms with E-state index in [1.807, 2.05) is 30.3 Å². The Balaban J connectivity index is 1.64. The second-order valence-corrected chi connectivity index (χ2v) is 5.54. The average molecular weight is 299 g/mol. The highest BCUT2D eigenvalue weighted by molar-refractivity contribution is 8.00. The number of hydrogen-bond acceptors (Lipinski definition) is 3. The molecule has 1 amide bonds. The maximum atomic E-state index is 11.9. The molecule has 6 heteroatoms. The Hall–Kier alpha value is -2.47. The molecule has 0 radical (unpaired) electrons. The molecule has 0 bridgehead atoms. The van der Waals surface area contributed by atoms with Crippen LogP contribution in [0, 0.1) is 0 Å². The number of aromatic amines is 2. The molecular weight excluding hydrogens is 286 g/mol. The summed E-state index contributed by atoms with van der Waals surface area (Å²) in [5.41, 5.74) is 1.80. The van der Waals surface area contributed by atoms with Crippen LogP contribution < -0.4 is 11.0 Å². The first-order valence-corrected chi connectivity index (χ1v) is 7.39. The third-order valence-corrected chi connectivity index (χ3v) is 3.92. The van der Waals surface area contributed by atoms with Crippen LogP contribution in [0.4, 0.5) is 5.69 Å². The first-order valence-electron chi connectivity index (χ1n) is 6.40. The summed E-state index contributed by atoms with van der Waals surface area (Å²) in [5, 5.41) is 2.82. The van der Waals surface area contributed by atoms with E-state index in [1.54, 1.807) is 18.2 Å². The van der Waals surface area contributed by atoms with Gasteiger partial charge in [0, 0.05) is 10.6 Å². The molecule has 21 heavy (non-hydrogen) atoms. The molecule has 1 heterocycles. The number of hydrogen-bond donors (Lipinski definition) is 3. The van der Waals surface area contributed by atoms with Crippen LogP contribution in [0.5, 0.6) is 0 Å². The van der Waals surface area contributed by atoms with Crippen LogP contribution in [-0.2, 0) is 4.79 Å². The van der Waals surface area contributed by atoms with Gasteiger partial charge in [0.25, 0.3) is 0 Å². The van der Waals surface area contributed by atoms with Crippen molar-refractivity contribution in [1.82, 2.24) is 9.97 Å². The van der Waals surface area contributed by atoms with Crippen LogP contribution in [0.3, 0.4) is 0 Å². The predicted octanol–water partition coefficient (Wildman–Crippen LogP) is 2.59. The Morgan fingerprint density at radius 1 is 1.05 bits per heavy atom. The van der Waals surface area contributed by atoms with Crippen molar-refractivity contribution in [2.75, 3.05) is 11.1 Å². The largest absolute Gasteiger partial charge is 0.325 e. The topological polar surface area (TPSA) is 77.8 Å². The van der Waals surface area contributed by atoms with Gasteiger partial charge in [-0.15, -0.1) is 11.8 Å². The lowest BCUT2D eigenvalue weighted by atomic mass is 10.3. The lowest BCUT2D eigenvalue weighted by Crippen LogP contribution is -2.13. The van der Waals surface area contributed by atoms with Crippen molar-refractivity contribution < 1.29 is 4.79 Å². The second-order valence-electron chi connectivity index (χ2n) is 4.49.